The zero-order valence-corrected chi connectivity index (χ0v) is 7.52. The van der Waals surface area contributed by atoms with Crippen LogP contribution in [0.2, 0.25) is 0 Å². The maximum absolute atomic E-state index is 11.3. The van der Waals surface area contributed by atoms with Gasteiger partial charge in [0.25, 0.3) is 0 Å². The molecule has 0 bridgehead atoms. The van der Waals surface area contributed by atoms with Crippen molar-refractivity contribution < 1.29 is 9.53 Å². The first kappa shape index (κ1) is 9.19. The van der Waals surface area contributed by atoms with E-state index in [4.69, 9.17) is 4.74 Å². The van der Waals surface area contributed by atoms with Crippen LogP contribution in [0.5, 0.6) is 0 Å². The Bertz CT molecular complexity index is 428. The van der Waals surface area contributed by atoms with Crippen LogP contribution < -0.4 is 0 Å². The molecule has 0 saturated carbocycles. The number of esters is 1. The molecule has 0 fully saturated rings. The Balaban J connectivity index is 1.94. The minimum Gasteiger partial charge on any atom is -0.437 e. The molecule has 0 aromatic carbocycles. The molecule has 0 N–H and O–H groups in total. The summed E-state index contributed by atoms with van der Waals surface area (Å²) in [6.07, 6.45) is 5.54. The van der Waals surface area contributed by atoms with Gasteiger partial charge in [-0.25, -0.2) is 9.78 Å². The minimum absolute atomic E-state index is 0.0532. The van der Waals surface area contributed by atoms with Gasteiger partial charge in [0.05, 0.1) is 6.20 Å². The zero-order valence-electron chi connectivity index (χ0n) is 7.52. The van der Waals surface area contributed by atoms with Gasteiger partial charge in [-0.05, 0) is 10.4 Å². The van der Waals surface area contributed by atoms with E-state index in [-0.39, 0.29) is 12.4 Å². The smallest absolute Gasteiger partial charge is 0.360 e. The maximum Gasteiger partial charge on any atom is 0.360 e. The van der Waals surface area contributed by atoms with Crippen LogP contribution in [0.4, 0.5) is 0 Å². The Morgan fingerprint density at radius 2 is 2.40 bits per heavy atom. The van der Waals surface area contributed by atoms with Crippen molar-refractivity contribution in [3.05, 3.63) is 30.6 Å². The third-order valence-electron chi connectivity index (χ3n) is 1.49. The molecule has 0 amide bonds. The number of rotatable bonds is 3. The summed E-state index contributed by atoms with van der Waals surface area (Å²) in [6, 6.07) is 0. The molecule has 2 aromatic rings. The fourth-order valence-electron chi connectivity index (χ4n) is 0.843. The van der Waals surface area contributed by atoms with Crippen molar-refractivity contribution >= 4 is 5.97 Å². The normalized spacial score (nSPS) is 9.87. The average Bonchev–Trinajstić information content (AvgIpc) is 2.80. The molecule has 2 aromatic heterocycles. The third-order valence-corrected chi connectivity index (χ3v) is 1.49. The van der Waals surface area contributed by atoms with Gasteiger partial charge in [0.2, 0.25) is 0 Å². The summed E-state index contributed by atoms with van der Waals surface area (Å²) in [4.78, 5) is 18.9. The molecule has 0 aliphatic heterocycles. The van der Waals surface area contributed by atoms with E-state index >= 15 is 0 Å². The average molecular weight is 206 g/mol. The fourth-order valence-corrected chi connectivity index (χ4v) is 0.843. The largest absolute Gasteiger partial charge is 0.437 e. The van der Waals surface area contributed by atoms with E-state index in [1.165, 1.54) is 29.6 Å². The van der Waals surface area contributed by atoms with Crippen LogP contribution in [0.25, 0.3) is 0 Å². The van der Waals surface area contributed by atoms with Crippen LogP contribution >= 0.6 is 0 Å². The van der Waals surface area contributed by atoms with Crippen molar-refractivity contribution in [1.29, 1.82) is 0 Å². The summed E-state index contributed by atoms with van der Waals surface area (Å²) in [5.41, 5.74) is 0.144. The quantitative estimate of drug-likeness (QED) is 0.611. The monoisotopic (exact) mass is 206 g/mol. The lowest BCUT2D eigenvalue weighted by Crippen LogP contribution is -2.11. The molecule has 0 aliphatic carbocycles. The highest BCUT2D eigenvalue weighted by Gasteiger charge is 2.08. The van der Waals surface area contributed by atoms with Gasteiger partial charge < -0.3 is 4.74 Å². The Hall–Kier alpha value is -2.38. The summed E-state index contributed by atoms with van der Waals surface area (Å²) < 4.78 is 6.12. The summed E-state index contributed by atoms with van der Waals surface area (Å²) in [7, 11) is 0. The molecular weight excluding hydrogens is 200 g/mol. The first-order chi connectivity index (χ1) is 7.36. The van der Waals surface area contributed by atoms with Gasteiger partial charge in [0, 0.05) is 12.4 Å². The highest BCUT2D eigenvalue weighted by molar-refractivity contribution is 5.86. The van der Waals surface area contributed by atoms with Gasteiger partial charge >= 0.3 is 5.97 Å². The molecule has 0 atom stereocenters. The number of nitrogens with zero attached hydrogens (tertiary/aromatic N) is 6. The van der Waals surface area contributed by atoms with Crippen LogP contribution in [-0.4, -0.2) is 36.1 Å². The van der Waals surface area contributed by atoms with Gasteiger partial charge in [-0.1, -0.05) is 0 Å². The van der Waals surface area contributed by atoms with Crippen molar-refractivity contribution in [3.8, 4) is 0 Å². The van der Waals surface area contributed by atoms with Crippen LogP contribution in [0.15, 0.2) is 24.9 Å². The lowest BCUT2D eigenvalue weighted by Gasteiger charge is -2.01. The van der Waals surface area contributed by atoms with Gasteiger partial charge in [0.15, 0.2) is 12.4 Å². The number of hydrogen-bond acceptors (Lipinski definition) is 7. The Morgan fingerprint density at radius 1 is 1.47 bits per heavy atom. The van der Waals surface area contributed by atoms with E-state index < -0.39 is 5.97 Å². The summed E-state index contributed by atoms with van der Waals surface area (Å²) >= 11 is 0. The predicted octanol–water partition coefficient (Wildman–Crippen LogP) is -0.722. The highest BCUT2D eigenvalue weighted by Crippen LogP contribution is 1.95. The minimum atomic E-state index is -0.571. The zero-order chi connectivity index (χ0) is 10.5. The molecule has 2 heterocycles. The molecule has 15 heavy (non-hydrogen) atoms. The molecule has 0 saturated heterocycles. The second-order valence-electron chi connectivity index (χ2n) is 2.50. The number of carbonyl (C=O) groups is 1. The van der Waals surface area contributed by atoms with Crippen LogP contribution in [0, 0.1) is 0 Å². The standard InChI is InChI=1S/C7H6N6O2/c14-7(6-3-8-1-2-9-6)15-5-13-4-10-11-12-13/h1-4H,5H2. The number of hydrogen-bond donors (Lipinski definition) is 0. The van der Waals surface area contributed by atoms with E-state index in [2.05, 4.69) is 25.5 Å². The van der Waals surface area contributed by atoms with Crippen molar-refractivity contribution in [3.63, 3.8) is 0 Å². The predicted molar refractivity (Wildman–Crippen MR) is 45.3 cm³/mol. The Morgan fingerprint density at radius 3 is 3.07 bits per heavy atom. The second-order valence-corrected chi connectivity index (χ2v) is 2.50. The summed E-state index contributed by atoms with van der Waals surface area (Å²) in [6.45, 7) is -0.0532. The SMILES string of the molecule is O=C(OCn1cnnn1)c1cnccn1. The van der Waals surface area contributed by atoms with Crippen molar-refractivity contribution in [2.75, 3.05) is 0 Å². The highest BCUT2D eigenvalue weighted by atomic mass is 16.5. The van der Waals surface area contributed by atoms with Gasteiger partial charge in [-0.3, -0.25) is 4.98 Å². The first-order valence-corrected chi connectivity index (χ1v) is 4.00. The van der Waals surface area contributed by atoms with Gasteiger partial charge in [-0.15, -0.1) is 5.10 Å². The van der Waals surface area contributed by atoms with E-state index in [0.29, 0.717) is 0 Å². The molecule has 8 heteroatoms. The molecule has 2 rings (SSSR count). The number of tetrazole rings is 1. The van der Waals surface area contributed by atoms with Crippen molar-refractivity contribution in [2.45, 2.75) is 6.73 Å². The number of carbonyl (C=O) groups excluding carboxylic acids is 1. The van der Waals surface area contributed by atoms with Gasteiger partial charge in [-0.2, -0.15) is 4.68 Å². The summed E-state index contributed by atoms with van der Waals surface area (Å²) in [5.74, 6) is -0.571. The Kier molecular flexibility index (Phi) is 2.59. The van der Waals surface area contributed by atoms with E-state index in [1.54, 1.807) is 0 Å². The van der Waals surface area contributed by atoms with E-state index in [1.807, 2.05) is 0 Å². The molecule has 0 spiro atoms. The first-order valence-electron chi connectivity index (χ1n) is 4.00. The number of ether oxygens (including phenoxy) is 1. The van der Waals surface area contributed by atoms with Crippen LogP contribution in [0.3, 0.4) is 0 Å². The topological polar surface area (TPSA) is 95.7 Å². The lowest BCUT2D eigenvalue weighted by molar-refractivity contribution is 0.0338. The van der Waals surface area contributed by atoms with Crippen LogP contribution in [-0.2, 0) is 11.5 Å². The lowest BCUT2D eigenvalue weighted by atomic mass is 10.5. The summed E-state index contributed by atoms with van der Waals surface area (Å²) in [5, 5.41) is 10.3. The fraction of sp³-hybridized carbons (Fsp3) is 0.143. The van der Waals surface area contributed by atoms with Gasteiger partial charge in [0.1, 0.15) is 6.33 Å². The maximum atomic E-state index is 11.3. The second kappa shape index (κ2) is 4.22. The van der Waals surface area contributed by atoms with Crippen molar-refractivity contribution in [2.24, 2.45) is 0 Å². The van der Waals surface area contributed by atoms with Crippen LogP contribution in [0.1, 0.15) is 10.5 Å². The molecule has 0 radical (unpaired) electrons. The molecule has 0 aliphatic rings. The Labute approximate surface area is 83.9 Å². The molecule has 8 nitrogen and oxygen atoms in total. The van der Waals surface area contributed by atoms with Crippen molar-refractivity contribution in [1.82, 2.24) is 30.2 Å². The molecular formula is C7H6N6O2. The number of aromatic nitrogens is 6. The van der Waals surface area contributed by atoms with E-state index in [0.717, 1.165) is 0 Å². The van der Waals surface area contributed by atoms with E-state index in [9.17, 15) is 4.79 Å². The molecule has 76 valence electrons. The third kappa shape index (κ3) is 2.30. The molecule has 0 unspecified atom stereocenters.